The van der Waals surface area contributed by atoms with E-state index < -0.39 is 18.5 Å². The average Bonchev–Trinajstić information content (AvgIpc) is 2.58. The average molecular weight is 213 g/mol. The molecule has 0 aliphatic carbocycles. The van der Waals surface area contributed by atoms with Gasteiger partial charge < -0.3 is 15.7 Å². The van der Waals surface area contributed by atoms with Crippen molar-refractivity contribution >= 4 is 12.0 Å². The van der Waals surface area contributed by atoms with E-state index in [1.807, 2.05) is 0 Å². The minimum Gasteiger partial charge on any atom is -0.480 e. The first-order chi connectivity index (χ1) is 7.09. The van der Waals surface area contributed by atoms with Crippen LogP contribution in [0, 0.1) is 0 Å². The van der Waals surface area contributed by atoms with Crippen LogP contribution in [0.15, 0.2) is 6.33 Å². The van der Waals surface area contributed by atoms with Crippen molar-refractivity contribution in [3.05, 3.63) is 12.2 Å². The molecule has 2 amide bonds. The molecule has 15 heavy (non-hydrogen) atoms. The highest BCUT2D eigenvalue weighted by atomic mass is 16.4. The minimum absolute atomic E-state index is 0.196. The van der Waals surface area contributed by atoms with Crippen molar-refractivity contribution < 1.29 is 14.7 Å². The topological polar surface area (TPSA) is 109 Å². The molecule has 1 aromatic rings. The van der Waals surface area contributed by atoms with E-state index >= 15 is 0 Å². The van der Waals surface area contributed by atoms with Gasteiger partial charge in [0.15, 0.2) is 0 Å². The maximum Gasteiger partial charge on any atom is 0.323 e. The highest BCUT2D eigenvalue weighted by molar-refractivity contribution is 5.79. The summed E-state index contributed by atoms with van der Waals surface area (Å²) in [5.41, 5.74) is 0. The Kier molecular flexibility index (Phi) is 3.61. The van der Waals surface area contributed by atoms with E-state index in [-0.39, 0.29) is 6.54 Å². The molecular formula is C7H11N5O3. The highest BCUT2D eigenvalue weighted by Gasteiger charge is 2.05. The van der Waals surface area contributed by atoms with Crippen molar-refractivity contribution in [1.82, 2.24) is 25.4 Å². The molecule has 3 N–H and O–H groups in total. The van der Waals surface area contributed by atoms with Crippen LogP contribution in [0.25, 0.3) is 0 Å². The summed E-state index contributed by atoms with van der Waals surface area (Å²) in [4.78, 5) is 25.0. The van der Waals surface area contributed by atoms with Crippen LogP contribution < -0.4 is 10.6 Å². The first-order valence-corrected chi connectivity index (χ1v) is 4.16. The van der Waals surface area contributed by atoms with Gasteiger partial charge in [0.1, 0.15) is 18.7 Å². The number of carboxylic acids is 1. The molecular weight excluding hydrogens is 202 g/mol. The second-order valence-electron chi connectivity index (χ2n) is 2.73. The van der Waals surface area contributed by atoms with Gasteiger partial charge in [-0.3, -0.25) is 9.48 Å². The number of nitrogens with one attached hydrogen (secondary N) is 2. The van der Waals surface area contributed by atoms with Crippen molar-refractivity contribution in [2.24, 2.45) is 7.05 Å². The number of rotatable bonds is 4. The summed E-state index contributed by atoms with van der Waals surface area (Å²) in [6.45, 7) is -0.216. The maximum absolute atomic E-state index is 11.0. The van der Waals surface area contributed by atoms with Gasteiger partial charge in [0.25, 0.3) is 0 Å². The van der Waals surface area contributed by atoms with Crippen LogP contribution in [-0.4, -0.2) is 38.4 Å². The lowest BCUT2D eigenvalue weighted by Gasteiger charge is -2.04. The summed E-state index contributed by atoms with van der Waals surface area (Å²) in [6, 6.07) is -0.555. The molecule has 1 aromatic heterocycles. The monoisotopic (exact) mass is 213 g/mol. The Bertz CT molecular complexity index is 361. The first kappa shape index (κ1) is 11.0. The predicted octanol–water partition coefficient (Wildman–Crippen LogP) is -1.30. The molecule has 1 rings (SSSR count). The minimum atomic E-state index is -1.09. The van der Waals surface area contributed by atoms with Gasteiger partial charge in [0.2, 0.25) is 0 Å². The Morgan fingerprint density at radius 2 is 2.27 bits per heavy atom. The highest BCUT2D eigenvalue weighted by Crippen LogP contribution is 1.88. The van der Waals surface area contributed by atoms with Gasteiger partial charge in [-0.05, 0) is 0 Å². The Morgan fingerprint density at radius 3 is 2.80 bits per heavy atom. The summed E-state index contributed by atoms with van der Waals surface area (Å²) in [5, 5.41) is 16.7. The number of aromatic nitrogens is 3. The molecule has 0 atom stereocenters. The van der Waals surface area contributed by atoms with E-state index in [0.29, 0.717) is 5.82 Å². The van der Waals surface area contributed by atoms with E-state index in [2.05, 4.69) is 20.7 Å². The zero-order chi connectivity index (χ0) is 11.3. The van der Waals surface area contributed by atoms with E-state index in [4.69, 9.17) is 5.11 Å². The van der Waals surface area contributed by atoms with Crippen molar-refractivity contribution in [3.63, 3.8) is 0 Å². The Labute approximate surface area is 85.3 Å². The van der Waals surface area contributed by atoms with Crippen molar-refractivity contribution in [2.45, 2.75) is 6.54 Å². The number of urea groups is 1. The number of amides is 2. The van der Waals surface area contributed by atoms with Gasteiger partial charge in [-0.1, -0.05) is 0 Å². The van der Waals surface area contributed by atoms with Crippen LogP contribution >= 0.6 is 0 Å². The Balaban J connectivity index is 2.28. The van der Waals surface area contributed by atoms with Crippen LogP contribution in [0.4, 0.5) is 4.79 Å². The van der Waals surface area contributed by atoms with Crippen molar-refractivity contribution in [1.29, 1.82) is 0 Å². The van der Waals surface area contributed by atoms with Crippen LogP contribution in [0.3, 0.4) is 0 Å². The predicted molar refractivity (Wildman–Crippen MR) is 48.9 cm³/mol. The molecule has 0 radical (unpaired) electrons. The number of carboxylic acid groups (broad SMARTS) is 1. The van der Waals surface area contributed by atoms with Crippen LogP contribution in [-0.2, 0) is 18.4 Å². The number of hydrogen-bond acceptors (Lipinski definition) is 4. The molecule has 1 heterocycles. The molecule has 0 saturated carbocycles. The molecule has 0 aliphatic heterocycles. The molecule has 0 saturated heterocycles. The standard InChI is InChI=1S/C7H11N5O3/c1-12-5(10-4-11-12)2-8-7(15)9-3-6(13)14/h4H,2-3H2,1H3,(H,13,14)(H2,8,9,15). The van der Waals surface area contributed by atoms with Crippen molar-refractivity contribution in [3.8, 4) is 0 Å². The third kappa shape index (κ3) is 3.63. The summed E-state index contributed by atoms with van der Waals surface area (Å²) in [7, 11) is 1.69. The van der Waals surface area contributed by atoms with Gasteiger partial charge in [-0.25, -0.2) is 9.78 Å². The number of aliphatic carboxylic acids is 1. The van der Waals surface area contributed by atoms with E-state index in [9.17, 15) is 9.59 Å². The number of hydrogen-bond donors (Lipinski definition) is 3. The molecule has 0 aromatic carbocycles. The van der Waals surface area contributed by atoms with Gasteiger partial charge in [-0.15, -0.1) is 0 Å². The molecule has 82 valence electrons. The van der Waals surface area contributed by atoms with Crippen LogP contribution in [0.1, 0.15) is 5.82 Å². The van der Waals surface area contributed by atoms with Gasteiger partial charge in [0, 0.05) is 7.05 Å². The fourth-order valence-electron chi connectivity index (χ4n) is 0.858. The lowest BCUT2D eigenvalue weighted by atomic mass is 10.6. The summed E-state index contributed by atoms with van der Waals surface area (Å²) < 4.78 is 1.51. The zero-order valence-electron chi connectivity index (χ0n) is 8.10. The van der Waals surface area contributed by atoms with Gasteiger partial charge >= 0.3 is 12.0 Å². The molecule has 0 bridgehead atoms. The fraction of sp³-hybridized carbons (Fsp3) is 0.429. The lowest BCUT2D eigenvalue weighted by molar-refractivity contribution is -0.135. The SMILES string of the molecule is Cn1ncnc1CNC(=O)NCC(=O)O. The molecule has 8 heteroatoms. The number of aryl methyl sites for hydroxylation is 1. The fourth-order valence-corrected chi connectivity index (χ4v) is 0.858. The third-order valence-electron chi connectivity index (χ3n) is 1.61. The van der Waals surface area contributed by atoms with Crippen LogP contribution in [0.5, 0.6) is 0 Å². The van der Waals surface area contributed by atoms with E-state index in [1.165, 1.54) is 11.0 Å². The van der Waals surface area contributed by atoms with Gasteiger partial charge in [-0.2, -0.15) is 5.10 Å². The molecule has 0 spiro atoms. The quantitative estimate of drug-likeness (QED) is 0.575. The normalized spacial score (nSPS) is 9.67. The first-order valence-electron chi connectivity index (χ1n) is 4.16. The smallest absolute Gasteiger partial charge is 0.323 e. The van der Waals surface area contributed by atoms with Gasteiger partial charge in [0.05, 0.1) is 6.54 Å². The third-order valence-corrected chi connectivity index (χ3v) is 1.61. The molecule has 0 aliphatic rings. The molecule has 8 nitrogen and oxygen atoms in total. The summed E-state index contributed by atoms with van der Waals surface area (Å²) in [6.07, 6.45) is 1.37. The largest absolute Gasteiger partial charge is 0.480 e. The molecule has 0 unspecified atom stereocenters. The second-order valence-corrected chi connectivity index (χ2v) is 2.73. The van der Waals surface area contributed by atoms with Crippen molar-refractivity contribution in [2.75, 3.05) is 6.54 Å². The van der Waals surface area contributed by atoms with E-state index in [1.54, 1.807) is 7.05 Å². The van der Waals surface area contributed by atoms with Crippen LogP contribution in [0.2, 0.25) is 0 Å². The Hall–Kier alpha value is -2.12. The zero-order valence-corrected chi connectivity index (χ0v) is 8.10. The number of nitrogens with zero attached hydrogens (tertiary/aromatic N) is 3. The maximum atomic E-state index is 11.0. The molecule has 0 fully saturated rings. The summed E-state index contributed by atoms with van der Waals surface area (Å²) in [5.74, 6) is -0.510. The number of carbonyl (C=O) groups excluding carboxylic acids is 1. The Morgan fingerprint density at radius 1 is 1.53 bits per heavy atom. The second kappa shape index (κ2) is 4.94. The van der Waals surface area contributed by atoms with E-state index in [0.717, 1.165) is 0 Å². The lowest BCUT2D eigenvalue weighted by Crippen LogP contribution is -2.38. The summed E-state index contributed by atoms with van der Waals surface area (Å²) >= 11 is 0. The number of carbonyl (C=O) groups is 2.